The van der Waals surface area contributed by atoms with Crippen LogP contribution in [0.3, 0.4) is 0 Å². The van der Waals surface area contributed by atoms with E-state index in [0.29, 0.717) is 6.61 Å². The van der Waals surface area contributed by atoms with Gasteiger partial charge in [0.2, 0.25) is 0 Å². The predicted molar refractivity (Wildman–Crippen MR) is 120 cm³/mol. The van der Waals surface area contributed by atoms with Gasteiger partial charge in [0.05, 0.1) is 12.8 Å². The Morgan fingerprint density at radius 3 is 1.64 bits per heavy atom. The van der Waals surface area contributed by atoms with E-state index in [0.717, 1.165) is 25.6 Å². The SMILES string of the molecule is c1ccc([P+](CCOC2CCCCO2)(c2ccccc2)c2ccccc2)cc1. The molecule has 0 aliphatic carbocycles. The summed E-state index contributed by atoms with van der Waals surface area (Å²) in [6, 6.07) is 32.9. The van der Waals surface area contributed by atoms with Gasteiger partial charge in [-0.1, -0.05) is 54.6 Å². The molecule has 0 spiro atoms. The molecule has 1 saturated heterocycles. The largest absolute Gasteiger partial charge is 0.353 e. The minimum Gasteiger partial charge on any atom is -0.353 e. The van der Waals surface area contributed by atoms with Gasteiger partial charge in [0, 0.05) is 6.61 Å². The summed E-state index contributed by atoms with van der Waals surface area (Å²) in [5.74, 6) is 0. The van der Waals surface area contributed by atoms with Crippen molar-refractivity contribution in [1.29, 1.82) is 0 Å². The molecule has 0 bridgehead atoms. The first-order valence-corrected chi connectivity index (χ1v) is 12.2. The van der Waals surface area contributed by atoms with Gasteiger partial charge in [0.15, 0.2) is 6.29 Å². The van der Waals surface area contributed by atoms with Gasteiger partial charge in [-0.05, 0) is 55.7 Å². The molecule has 3 aromatic carbocycles. The van der Waals surface area contributed by atoms with Gasteiger partial charge in [0.1, 0.15) is 23.2 Å². The second-order valence-corrected chi connectivity index (χ2v) is 10.8. The molecule has 0 aromatic heterocycles. The lowest BCUT2D eigenvalue weighted by molar-refractivity contribution is -0.158. The van der Waals surface area contributed by atoms with Crippen LogP contribution in [-0.2, 0) is 9.47 Å². The van der Waals surface area contributed by atoms with Gasteiger partial charge < -0.3 is 9.47 Å². The summed E-state index contributed by atoms with van der Waals surface area (Å²) in [5.41, 5.74) is 0. The zero-order chi connectivity index (χ0) is 19.1. The Kier molecular flexibility index (Phi) is 6.54. The van der Waals surface area contributed by atoms with Crippen LogP contribution >= 0.6 is 7.26 Å². The smallest absolute Gasteiger partial charge is 0.157 e. The molecular formula is C25H28O2P+. The number of benzene rings is 3. The Morgan fingerprint density at radius 1 is 0.714 bits per heavy atom. The molecule has 0 radical (unpaired) electrons. The molecule has 1 aliphatic rings. The van der Waals surface area contributed by atoms with Crippen molar-refractivity contribution in [3.8, 4) is 0 Å². The molecular weight excluding hydrogens is 363 g/mol. The molecule has 1 heterocycles. The van der Waals surface area contributed by atoms with Crippen molar-refractivity contribution < 1.29 is 9.47 Å². The van der Waals surface area contributed by atoms with Crippen LogP contribution in [0.15, 0.2) is 91.0 Å². The van der Waals surface area contributed by atoms with Crippen molar-refractivity contribution in [1.82, 2.24) is 0 Å². The highest BCUT2D eigenvalue weighted by atomic mass is 31.2. The van der Waals surface area contributed by atoms with Crippen molar-refractivity contribution in [2.24, 2.45) is 0 Å². The molecule has 144 valence electrons. The minimum absolute atomic E-state index is 0.0435. The fourth-order valence-electron chi connectivity index (χ4n) is 4.05. The Hall–Kier alpha value is -1.99. The predicted octanol–water partition coefficient (Wildman–Crippen LogP) is 4.52. The van der Waals surface area contributed by atoms with E-state index in [1.807, 2.05) is 0 Å². The highest BCUT2D eigenvalue weighted by Gasteiger charge is 2.45. The van der Waals surface area contributed by atoms with E-state index < -0.39 is 7.26 Å². The molecule has 0 saturated carbocycles. The highest BCUT2D eigenvalue weighted by molar-refractivity contribution is 7.95. The number of hydrogen-bond donors (Lipinski definition) is 0. The van der Waals surface area contributed by atoms with Crippen LogP contribution < -0.4 is 15.9 Å². The summed E-state index contributed by atoms with van der Waals surface area (Å²) in [6.07, 6.45) is 4.28. The van der Waals surface area contributed by atoms with Crippen molar-refractivity contribution in [3.05, 3.63) is 91.0 Å². The first kappa shape index (κ1) is 19.3. The van der Waals surface area contributed by atoms with E-state index in [1.165, 1.54) is 22.3 Å². The molecule has 1 unspecified atom stereocenters. The summed E-state index contributed by atoms with van der Waals surface area (Å²) in [6.45, 7) is 1.53. The molecule has 0 N–H and O–H groups in total. The fourth-order valence-corrected chi connectivity index (χ4v) is 8.14. The third-order valence-electron chi connectivity index (χ3n) is 5.46. The summed E-state index contributed by atoms with van der Waals surface area (Å²) in [5, 5.41) is 4.21. The van der Waals surface area contributed by atoms with E-state index in [9.17, 15) is 0 Å². The maximum atomic E-state index is 6.21. The number of hydrogen-bond acceptors (Lipinski definition) is 2. The van der Waals surface area contributed by atoms with Crippen LogP contribution in [0.25, 0.3) is 0 Å². The van der Waals surface area contributed by atoms with Gasteiger partial charge in [0.25, 0.3) is 0 Å². The molecule has 0 amide bonds. The normalized spacial score (nSPS) is 17.4. The lowest BCUT2D eigenvalue weighted by Crippen LogP contribution is -2.35. The van der Waals surface area contributed by atoms with Crippen molar-refractivity contribution in [2.75, 3.05) is 19.4 Å². The summed E-state index contributed by atoms with van der Waals surface area (Å²) < 4.78 is 12.0. The summed E-state index contributed by atoms with van der Waals surface area (Å²) in [4.78, 5) is 0. The maximum Gasteiger partial charge on any atom is 0.157 e. The zero-order valence-corrected chi connectivity index (χ0v) is 17.1. The van der Waals surface area contributed by atoms with E-state index in [1.54, 1.807) is 0 Å². The average molecular weight is 391 g/mol. The fraction of sp³-hybridized carbons (Fsp3) is 0.280. The molecule has 1 aliphatic heterocycles. The Bertz CT molecular complexity index is 734. The van der Waals surface area contributed by atoms with Crippen molar-refractivity contribution in [3.63, 3.8) is 0 Å². The van der Waals surface area contributed by atoms with E-state index in [-0.39, 0.29) is 6.29 Å². The van der Waals surface area contributed by atoms with Crippen LogP contribution in [0, 0.1) is 0 Å². The average Bonchev–Trinajstić information content (AvgIpc) is 2.79. The molecule has 28 heavy (non-hydrogen) atoms. The second kappa shape index (κ2) is 9.47. The highest BCUT2D eigenvalue weighted by Crippen LogP contribution is 2.55. The van der Waals surface area contributed by atoms with Crippen LogP contribution in [0.4, 0.5) is 0 Å². The summed E-state index contributed by atoms with van der Waals surface area (Å²) in [7, 11) is -1.80. The monoisotopic (exact) mass is 391 g/mol. The lowest BCUT2D eigenvalue weighted by Gasteiger charge is -2.29. The van der Waals surface area contributed by atoms with E-state index in [4.69, 9.17) is 9.47 Å². The molecule has 1 atom stereocenters. The first-order chi connectivity index (χ1) is 13.9. The third kappa shape index (κ3) is 4.20. The maximum absolute atomic E-state index is 6.21. The first-order valence-electron chi connectivity index (χ1n) is 10.2. The Balaban J connectivity index is 1.72. The van der Waals surface area contributed by atoms with Crippen LogP contribution in [-0.4, -0.2) is 25.7 Å². The zero-order valence-electron chi connectivity index (χ0n) is 16.2. The third-order valence-corrected chi connectivity index (χ3v) is 9.85. The van der Waals surface area contributed by atoms with Gasteiger partial charge in [-0.25, -0.2) is 0 Å². The molecule has 3 heteroatoms. The molecule has 1 fully saturated rings. The molecule has 4 rings (SSSR count). The van der Waals surface area contributed by atoms with Crippen LogP contribution in [0.1, 0.15) is 19.3 Å². The second-order valence-electron chi connectivity index (χ2n) is 7.21. The van der Waals surface area contributed by atoms with Gasteiger partial charge >= 0.3 is 0 Å². The quantitative estimate of drug-likeness (QED) is 0.551. The van der Waals surface area contributed by atoms with Crippen LogP contribution in [0.5, 0.6) is 0 Å². The van der Waals surface area contributed by atoms with E-state index >= 15 is 0 Å². The van der Waals surface area contributed by atoms with Gasteiger partial charge in [-0.3, -0.25) is 0 Å². The van der Waals surface area contributed by atoms with Crippen LogP contribution in [0.2, 0.25) is 0 Å². The molecule has 2 nitrogen and oxygen atoms in total. The van der Waals surface area contributed by atoms with Crippen molar-refractivity contribution in [2.45, 2.75) is 25.6 Å². The minimum atomic E-state index is -1.80. The number of ether oxygens (including phenoxy) is 2. The Labute approximate surface area is 168 Å². The topological polar surface area (TPSA) is 18.5 Å². The van der Waals surface area contributed by atoms with Crippen molar-refractivity contribution >= 4 is 23.2 Å². The summed E-state index contributed by atoms with van der Waals surface area (Å²) >= 11 is 0. The Morgan fingerprint density at radius 2 is 1.21 bits per heavy atom. The van der Waals surface area contributed by atoms with Gasteiger partial charge in [-0.15, -0.1) is 0 Å². The standard InChI is InChI=1S/C25H28O2P/c1-4-12-22(13-5-1)28(23-14-6-2-7-15-23,24-16-8-3-9-17-24)21-20-27-25-18-10-11-19-26-25/h1-9,12-17,25H,10-11,18-21H2/q+1. The van der Waals surface area contributed by atoms with Gasteiger partial charge in [-0.2, -0.15) is 0 Å². The number of rotatable bonds is 7. The van der Waals surface area contributed by atoms with E-state index in [2.05, 4.69) is 91.0 Å². The lowest BCUT2D eigenvalue weighted by atomic mass is 10.2. The molecule has 3 aromatic rings.